The largest absolute Gasteiger partial charge is 0.458 e. The molecule has 34 heavy (non-hydrogen) atoms. The van der Waals surface area contributed by atoms with Gasteiger partial charge in [-0.25, -0.2) is 4.39 Å². The van der Waals surface area contributed by atoms with Gasteiger partial charge in [-0.15, -0.1) is 0 Å². The Kier molecular flexibility index (Phi) is 6.07. The van der Waals surface area contributed by atoms with Gasteiger partial charge >= 0.3 is 11.9 Å². The second-order valence-electron chi connectivity index (χ2n) is 10.5. The monoisotopic (exact) mass is 536 g/mol. The van der Waals surface area contributed by atoms with Gasteiger partial charge in [0.2, 0.25) is 5.78 Å². The summed E-state index contributed by atoms with van der Waals surface area (Å²) in [6.07, 6.45) is 5.14. The third-order valence-corrected chi connectivity index (χ3v) is 9.28. The van der Waals surface area contributed by atoms with Crippen LogP contribution in [0, 0.1) is 28.6 Å². The number of esters is 2. The van der Waals surface area contributed by atoms with Gasteiger partial charge in [0.1, 0.15) is 6.17 Å². The molecule has 0 amide bonds. The van der Waals surface area contributed by atoms with E-state index >= 15 is 4.39 Å². The van der Waals surface area contributed by atoms with Gasteiger partial charge in [0.25, 0.3) is 0 Å². The number of carbonyl (C=O) groups excluding carboxylic acids is 4. The molecule has 4 rings (SSSR count). The first-order valence-electron chi connectivity index (χ1n) is 11.6. The summed E-state index contributed by atoms with van der Waals surface area (Å²) in [5.74, 6) is -2.53. The van der Waals surface area contributed by atoms with Crippen molar-refractivity contribution in [2.75, 3.05) is 6.61 Å². The third kappa shape index (κ3) is 3.39. The number of Topliss-reactive ketones (excluding diaryl/α,β-unsaturated/α-hetero) is 1. The molecule has 0 N–H and O–H groups in total. The van der Waals surface area contributed by atoms with Crippen molar-refractivity contribution in [2.45, 2.75) is 65.7 Å². The van der Waals surface area contributed by atoms with Crippen molar-refractivity contribution in [3.63, 3.8) is 0 Å². The third-order valence-electron chi connectivity index (χ3n) is 8.66. The predicted octanol–water partition coefficient (Wildman–Crippen LogP) is 4.57. The summed E-state index contributed by atoms with van der Waals surface area (Å²) >= 11 is 3.33. The zero-order valence-electron chi connectivity index (χ0n) is 20.1. The van der Waals surface area contributed by atoms with Crippen LogP contribution >= 0.6 is 15.9 Å². The molecule has 6 nitrogen and oxygen atoms in total. The van der Waals surface area contributed by atoms with Crippen LogP contribution in [0.1, 0.15) is 53.9 Å². The van der Waals surface area contributed by atoms with Gasteiger partial charge in [0.05, 0.1) is 4.48 Å². The van der Waals surface area contributed by atoms with Gasteiger partial charge in [-0.3, -0.25) is 19.2 Å². The van der Waals surface area contributed by atoms with E-state index in [1.807, 2.05) is 26.8 Å². The van der Waals surface area contributed by atoms with Crippen LogP contribution in [-0.2, 0) is 28.7 Å². The number of carbonyl (C=O) groups is 4. The predicted molar refractivity (Wildman–Crippen MR) is 125 cm³/mol. The zero-order chi connectivity index (χ0) is 25.2. The highest BCUT2D eigenvalue weighted by molar-refractivity contribution is 9.12. The lowest BCUT2D eigenvalue weighted by Gasteiger charge is -2.54. The second-order valence-corrected chi connectivity index (χ2v) is 11.4. The van der Waals surface area contributed by atoms with Crippen molar-refractivity contribution in [1.82, 2.24) is 0 Å². The van der Waals surface area contributed by atoms with Gasteiger partial charge in [0.15, 0.2) is 18.0 Å². The van der Waals surface area contributed by atoms with Gasteiger partial charge in [-0.05, 0) is 65.6 Å². The number of halogens is 2. The van der Waals surface area contributed by atoms with E-state index in [1.54, 1.807) is 6.08 Å². The normalized spacial score (nSPS) is 40.7. The van der Waals surface area contributed by atoms with Crippen LogP contribution in [0.4, 0.5) is 4.39 Å². The highest BCUT2D eigenvalue weighted by atomic mass is 79.9. The van der Waals surface area contributed by atoms with Crippen LogP contribution in [0.15, 0.2) is 33.9 Å². The van der Waals surface area contributed by atoms with Crippen LogP contribution in [-0.4, -0.2) is 41.9 Å². The van der Waals surface area contributed by atoms with Crippen LogP contribution in [0.5, 0.6) is 0 Å². The van der Waals surface area contributed by atoms with Crippen molar-refractivity contribution in [2.24, 2.45) is 28.6 Å². The molecule has 0 radical (unpaired) electrons. The van der Waals surface area contributed by atoms with E-state index in [9.17, 15) is 19.2 Å². The Labute approximate surface area is 207 Å². The maximum Gasteiger partial charge on any atom is 0.303 e. The number of alkyl halides is 1. The van der Waals surface area contributed by atoms with Gasteiger partial charge in [0, 0.05) is 30.6 Å². The van der Waals surface area contributed by atoms with E-state index in [2.05, 4.69) is 15.9 Å². The molecule has 184 valence electrons. The number of ketones is 2. The Hall–Kier alpha value is -2.09. The summed E-state index contributed by atoms with van der Waals surface area (Å²) in [5.41, 5.74) is -1.52. The number of hydrogen-bond donors (Lipinski definition) is 0. The maximum absolute atomic E-state index is 15.6. The number of ether oxygens (including phenoxy) is 2. The molecular formula is C26H30BrFO6. The lowest BCUT2D eigenvalue weighted by molar-refractivity contribution is -0.190. The Morgan fingerprint density at radius 2 is 1.82 bits per heavy atom. The maximum atomic E-state index is 15.6. The van der Waals surface area contributed by atoms with Crippen molar-refractivity contribution in [3.05, 3.63) is 33.9 Å². The molecule has 0 saturated heterocycles. The van der Waals surface area contributed by atoms with E-state index in [0.29, 0.717) is 22.9 Å². The molecule has 0 aromatic rings. The molecule has 2 fully saturated rings. The van der Waals surface area contributed by atoms with Gasteiger partial charge in [-0.1, -0.05) is 31.6 Å². The van der Waals surface area contributed by atoms with Crippen LogP contribution < -0.4 is 0 Å². The number of fused-ring (bicyclic) bond motifs is 5. The average Bonchev–Trinajstić information content (AvgIpc) is 2.96. The molecule has 0 heterocycles. The first kappa shape index (κ1) is 25.0. The summed E-state index contributed by atoms with van der Waals surface area (Å²) in [6.45, 7) is 7.75. The topological polar surface area (TPSA) is 86.7 Å². The molecule has 1 unspecified atom stereocenters. The fourth-order valence-electron chi connectivity index (χ4n) is 7.29. The van der Waals surface area contributed by atoms with E-state index < -0.39 is 46.9 Å². The zero-order valence-corrected chi connectivity index (χ0v) is 21.7. The molecule has 0 bridgehead atoms. The fraction of sp³-hybridized carbons (Fsp3) is 0.615. The molecular weight excluding hydrogens is 507 g/mol. The molecule has 8 heteroatoms. The molecule has 4 aliphatic carbocycles. The lowest BCUT2D eigenvalue weighted by Crippen LogP contribution is -2.60. The fourth-order valence-corrected chi connectivity index (χ4v) is 7.86. The van der Waals surface area contributed by atoms with E-state index in [0.717, 1.165) is 5.57 Å². The lowest BCUT2D eigenvalue weighted by atomic mass is 9.51. The molecule has 0 aromatic carbocycles. The smallest absolute Gasteiger partial charge is 0.303 e. The second kappa shape index (κ2) is 8.25. The average molecular weight is 537 g/mol. The Morgan fingerprint density at radius 3 is 2.44 bits per heavy atom. The molecule has 4 aliphatic rings. The summed E-state index contributed by atoms with van der Waals surface area (Å²) in [6, 6.07) is 0. The summed E-state index contributed by atoms with van der Waals surface area (Å²) < 4.78 is 26.9. The number of hydrogen-bond acceptors (Lipinski definition) is 6. The SMILES string of the molecule is CC(=O)OCC(=O)C1(OC(C)=O)[C@H](C)C[C@H]2[C@@H]3C[C@@H](F)C4=CC(=O)C(Br)=C[C@]4(C)C3=CC[C@@]21C. The minimum Gasteiger partial charge on any atom is -0.458 e. The van der Waals surface area contributed by atoms with Crippen LogP contribution in [0.3, 0.4) is 0 Å². The Balaban J connectivity index is 1.82. The Morgan fingerprint density at radius 1 is 1.15 bits per heavy atom. The molecule has 0 aliphatic heterocycles. The Bertz CT molecular complexity index is 1080. The van der Waals surface area contributed by atoms with Crippen LogP contribution in [0.2, 0.25) is 0 Å². The van der Waals surface area contributed by atoms with E-state index in [4.69, 9.17) is 9.47 Å². The summed E-state index contributed by atoms with van der Waals surface area (Å²) in [4.78, 5) is 49.5. The highest BCUT2D eigenvalue weighted by Gasteiger charge is 2.70. The minimum absolute atomic E-state index is 0.135. The first-order valence-corrected chi connectivity index (χ1v) is 12.4. The molecule has 7 atom stereocenters. The summed E-state index contributed by atoms with van der Waals surface area (Å²) in [5, 5.41) is 0. The highest BCUT2D eigenvalue weighted by Crippen LogP contribution is 2.67. The first-order chi connectivity index (χ1) is 15.8. The van der Waals surface area contributed by atoms with E-state index in [-0.39, 0.29) is 30.0 Å². The quantitative estimate of drug-likeness (QED) is 0.386. The van der Waals surface area contributed by atoms with Crippen molar-refractivity contribution >= 4 is 39.4 Å². The molecule has 0 spiro atoms. The van der Waals surface area contributed by atoms with E-state index in [1.165, 1.54) is 19.9 Å². The minimum atomic E-state index is -1.48. The number of rotatable bonds is 4. The number of allylic oxidation sites excluding steroid dienone is 6. The van der Waals surface area contributed by atoms with Crippen molar-refractivity contribution in [1.29, 1.82) is 0 Å². The van der Waals surface area contributed by atoms with Crippen molar-refractivity contribution < 1.29 is 33.0 Å². The molecule has 0 aromatic heterocycles. The standard InChI is InChI=1S/C26H30BrFO6/c1-13-8-18-16-9-21(28)19-10-22(31)20(27)11-24(19,4)17(16)6-7-25(18,5)26(13,34-15(3)30)23(32)12-33-14(2)29/h6,10-11,13,16,18,21H,7-9,12H2,1-5H3/t13-,16-,18+,21-,24-,25+,26?/m1/s1. The molecule has 2 saturated carbocycles. The van der Waals surface area contributed by atoms with Gasteiger partial charge < -0.3 is 9.47 Å². The summed E-state index contributed by atoms with van der Waals surface area (Å²) in [7, 11) is 0. The van der Waals surface area contributed by atoms with Gasteiger partial charge in [-0.2, -0.15) is 0 Å². The van der Waals surface area contributed by atoms with Crippen molar-refractivity contribution in [3.8, 4) is 0 Å². The van der Waals surface area contributed by atoms with Crippen LogP contribution in [0.25, 0.3) is 0 Å².